The second-order valence-corrected chi connectivity index (χ2v) is 5.53. The van der Waals surface area contributed by atoms with Gasteiger partial charge >= 0.3 is 6.03 Å². The molecule has 5 nitrogen and oxygen atoms in total. The summed E-state index contributed by atoms with van der Waals surface area (Å²) >= 11 is 0. The molecule has 1 aromatic heterocycles. The Hall–Kier alpha value is -3.18. The lowest BCUT2D eigenvalue weighted by molar-refractivity contribution is 0.254. The molecule has 0 aliphatic rings. The number of anilines is 3. The molecule has 5 heteroatoms. The van der Waals surface area contributed by atoms with Gasteiger partial charge < -0.3 is 5.11 Å². The number of aliphatic hydroxyl groups excluding tert-OH is 1. The van der Waals surface area contributed by atoms with E-state index < -0.39 is 0 Å². The summed E-state index contributed by atoms with van der Waals surface area (Å²) in [6.07, 6.45) is 1.56. The smallest absolute Gasteiger partial charge is 0.334 e. The van der Waals surface area contributed by atoms with Crippen LogP contribution in [0, 0.1) is 0 Å². The highest BCUT2D eigenvalue weighted by molar-refractivity contribution is 6.07. The maximum atomic E-state index is 13.2. The largest absolute Gasteiger partial charge is 0.392 e. The quantitative estimate of drug-likeness (QED) is 0.786. The molecule has 0 atom stereocenters. The Bertz CT molecular complexity index is 781. The summed E-state index contributed by atoms with van der Waals surface area (Å²) in [5.41, 5.74) is 2.25. The predicted octanol–water partition coefficient (Wildman–Crippen LogP) is 3.97. The summed E-state index contributed by atoms with van der Waals surface area (Å²) in [6.45, 7) is -0.0783. The molecular weight excluding hydrogens is 314 g/mol. The van der Waals surface area contributed by atoms with Crippen molar-refractivity contribution in [3.8, 4) is 0 Å². The number of para-hydroxylation sites is 2. The molecule has 0 saturated heterocycles. The molecule has 0 spiro atoms. The Morgan fingerprint density at radius 3 is 1.92 bits per heavy atom. The first-order chi connectivity index (χ1) is 12.2. The number of aliphatic hydroxyl groups is 1. The lowest BCUT2D eigenvalue weighted by Gasteiger charge is -2.28. The van der Waals surface area contributed by atoms with Crippen LogP contribution in [-0.4, -0.2) is 23.2 Å². The second-order valence-electron chi connectivity index (χ2n) is 5.53. The Morgan fingerprint density at radius 1 is 0.920 bits per heavy atom. The molecule has 0 bridgehead atoms. The average molecular weight is 333 g/mol. The second kappa shape index (κ2) is 7.59. The monoisotopic (exact) mass is 333 g/mol. The van der Waals surface area contributed by atoms with Gasteiger partial charge in [0.15, 0.2) is 0 Å². The summed E-state index contributed by atoms with van der Waals surface area (Å²) in [7, 11) is 1.68. The molecule has 0 unspecified atom stereocenters. The van der Waals surface area contributed by atoms with Crippen molar-refractivity contribution in [2.24, 2.45) is 0 Å². The van der Waals surface area contributed by atoms with Crippen molar-refractivity contribution in [3.63, 3.8) is 0 Å². The molecule has 25 heavy (non-hydrogen) atoms. The van der Waals surface area contributed by atoms with E-state index in [0.29, 0.717) is 11.4 Å². The molecule has 1 N–H and O–H groups in total. The van der Waals surface area contributed by atoms with Crippen LogP contribution >= 0.6 is 0 Å². The number of urea groups is 1. The highest BCUT2D eigenvalue weighted by Gasteiger charge is 2.23. The number of aromatic nitrogens is 1. The summed E-state index contributed by atoms with van der Waals surface area (Å²) in [5, 5.41) is 9.13. The van der Waals surface area contributed by atoms with Crippen LogP contribution < -0.4 is 9.80 Å². The summed E-state index contributed by atoms with van der Waals surface area (Å²) < 4.78 is 0. The third-order valence-electron chi connectivity index (χ3n) is 3.84. The maximum absolute atomic E-state index is 13.2. The van der Waals surface area contributed by atoms with E-state index >= 15 is 0 Å². The SMILES string of the molecule is CN(C(=O)N(c1ccccc1)c1ccccc1)c1ccc(CO)cn1. The van der Waals surface area contributed by atoms with Gasteiger partial charge in [-0.3, -0.25) is 9.80 Å². The van der Waals surface area contributed by atoms with Crippen LogP contribution in [0.4, 0.5) is 22.0 Å². The van der Waals surface area contributed by atoms with Gasteiger partial charge in [-0.2, -0.15) is 0 Å². The number of hydrogen-bond acceptors (Lipinski definition) is 3. The zero-order chi connectivity index (χ0) is 17.6. The Kier molecular flexibility index (Phi) is 5.06. The van der Waals surface area contributed by atoms with Crippen molar-refractivity contribution in [2.45, 2.75) is 6.61 Å². The number of carbonyl (C=O) groups is 1. The summed E-state index contributed by atoms with van der Waals surface area (Å²) in [5.74, 6) is 0.513. The zero-order valence-corrected chi connectivity index (χ0v) is 13.9. The van der Waals surface area contributed by atoms with Gasteiger partial charge in [-0.1, -0.05) is 42.5 Å². The number of pyridine rings is 1. The van der Waals surface area contributed by atoms with Crippen LogP contribution in [0.15, 0.2) is 79.0 Å². The zero-order valence-electron chi connectivity index (χ0n) is 13.9. The van der Waals surface area contributed by atoms with Crippen LogP contribution in [0.3, 0.4) is 0 Å². The standard InChI is InChI=1S/C20H19N3O2/c1-22(19-13-12-16(15-24)14-21-19)20(25)23(17-8-4-2-5-9-17)18-10-6-3-7-11-18/h2-14,24H,15H2,1H3. The minimum atomic E-state index is -0.221. The number of amides is 2. The molecule has 0 radical (unpaired) electrons. The van der Waals surface area contributed by atoms with E-state index in [1.807, 2.05) is 60.7 Å². The summed E-state index contributed by atoms with van der Waals surface area (Å²) in [4.78, 5) is 20.5. The minimum Gasteiger partial charge on any atom is -0.392 e. The minimum absolute atomic E-state index is 0.0783. The lowest BCUT2D eigenvalue weighted by atomic mass is 10.2. The Labute approximate surface area is 146 Å². The number of nitrogens with zero attached hydrogens (tertiary/aromatic N) is 3. The molecule has 2 amide bonds. The highest BCUT2D eigenvalue weighted by atomic mass is 16.3. The van der Waals surface area contributed by atoms with E-state index in [9.17, 15) is 4.79 Å². The number of benzene rings is 2. The first kappa shape index (κ1) is 16.7. The number of carbonyl (C=O) groups excluding carboxylic acids is 1. The van der Waals surface area contributed by atoms with Crippen molar-refractivity contribution in [1.29, 1.82) is 0 Å². The highest BCUT2D eigenvalue weighted by Crippen LogP contribution is 2.27. The molecule has 126 valence electrons. The van der Waals surface area contributed by atoms with Crippen molar-refractivity contribution < 1.29 is 9.90 Å². The maximum Gasteiger partial charge on any atom is 0.334 e. The first-order valence-corrected chi connectivity index (χ1v) is 7.94. The van der Waals surface area contributed by atoms with Crippen LogP contribution in [0.5, 0.6) is 0 Å². The molecule has 0 aliphatic heterocycles. The number of hydrogen-bond donors (Lipinski definition) is 1. The van der Waals surface area contributed by atoms with E-state index in [4.69, 9.17) is 5.11 Å². The van der Waals surface area contributed by atoms with E-state index in [-0.39, 0.29) is 12.6 Å². The lowest BCUT2D eigenvalue weighted by Crippen LogP contribution is -2.39. The van der Waals surface area contributed by atoms with Gasteiger partial charge in [0.1, 0.15) is 5.82 Å². The van der Waals surface area contributed by atoms with Gasteiger partial charge in [-0.05, 0) is 35.9 Å². The molecule has 0 fully saturated rings. The van der Waals surface area contributed by atoms with Crippen molar-refractivity contribution in [3.05, 3.63) is 84.6 Å². The molecule has 3 aromatic rings. The van der Waals surface area contributed by atoms with E-state index in [1.54, 1.807) is 30.3 Å². The number of rotatable bonds is 4. The van der Waals surface area contributed by atoms with E-state index in [0.717, 1.165) is 11.4 Å². The molecule has 1 heterocycles. The van der Waals surface area contributed by atoms with Crippen molar-refractivity contribution in [2.75, 3.05) is 16.8 Å². The average Bonchev–Trinajstić information content (AvgIpc) is 2.69. The normalized spacial score (nSPS) is 10.3. The van der Waals surface area contributed by atoms with Crippen LogP contribution in [0.25, 0.3) is 0 Å². The van der Waals surface area contributed by atoms with Crippen LogP contribution in [-0.2, 0) is 6.61 Å². The fourth-order valence-electron chi connectivity index (χ4n) is 2.48. The van der Waals surface area contributed by atoms with Gasteiger partial charge in [0, 0.05) is 13.2 Å². The fraction of sp³-hybridized carbons (Fsp3) is 0.100. The molecular formula is C20H19N3O2. The predicted molar refractivity (Wildman–Crippen MR) is 99.0 cm³/mol. The van der Waals surface area contributed by atoms with Gasteiger partial charge in [0.2, 0.25) is 0 Å². The van der Waals surface area contributed by atoms with Gasteiger partial charge in [-0.15, -0.1) is 0 Å². The molecule has 0 aliphatic carbocycles. The van der Waals surface area contributed by atoms with Crippen molar-refractivity contribution >= 4 is 23.2 Å². The van der Waals surface area contributed by atoms with E-state index in [1.165, 1.54) is 4.90 Å². The Morgan fingerprint density at radius 2 is 1.48 bits per heavy atom. The molecule has 3 rings (SSSR count). The van der Waals surface area contributed by atoms with E-state index in [2.05, 4.69) is 4.98 Å². The molecule has 2 aromatic carbocycles. The van der Waals surface area contributed by atoms with Gasteiger partial charge in [0.05, 0.1) is 18.0 Å². The van der Waals surface area contributed by atoms with Crippen molar-refractivity contribution in [1.82, 2.24) is 4.98 Å². The van der Waals surface area contributed by atoms with Crippen LogP contribution in [0.1, 0.15) is 5.56 Å². The van der Waals surface area contributed by atoms with Crippen LogP contribution in [0.2, 0.25) is 0 Å². The summed E-state index contributed by atoms with van der Waals surface area (Å²) in [6, 6.07) is 22.2. The van der Waals surface area contributed by atoms with Gasteiger partial charge in [-0.25, -0.2) is 9.78 Å². The fourth-order valence-corrected chi connectivity index (χ4v) is 2.48. The third-order valence-corrected chi connectivity index (χ3v) is 3.84. The third kappa shape index (κ3) is 3.67. The van der Waals surface area contributed by atoms with Gasteiger partial charge in [0.25, 0.3) is 0 Å². The topological polar surface area (TPSA) is 56.7 Å². The first-order valence-electron chi connectivity index (χ1n) is 7.94. The molecule has 0 saturated carbocycles. The Balaban J connectivity index is 1.96.